The second-order valence-corrected chi connectivity index (χ2v) is 4.30. The van der Waals surface area contributed by atoms with Gasteiger partial charge in [0.1, 0.15) is 12.3 Å². The molecule has 0 spiro atoms. The lowest BCUT2D eigenvalue weighted by atomic mass is 10.2. The van der Waals surface area contributed by atoms with E-state index < -0.39 is 5.97 Å². The Bertz CT molecular complexity index is 693. The highest BCUT2D eigenvalue weighted by atomic mass is 35.5. The molecule has 0 saturated carbocycles. The first-order valence-electron chi connectivity index (χ1n) is 5.50. The number of rotatable bonds is 3. The lowest BCUT2D eigenvalue weighted by Gasteiger charge is -2.11. The fraction of sp³-hybridized carbons (Fsp3) is 0.231. The molecule has 0 aliphatic carbocycles. The Labute approximate surface area is 114 Å². The zero-order valence-corrected chi connectivity index (χ0v) is 11.2. The lowest BCUT2D eigenvalue weighted by molar-refractivity contribution is -0.141. The van der Waals surface area contributed by atoms with Gasteiger partial charge in [0.2, 0.25) is 0 Å². The molecule has 0 aliphatic heterocycles. The number of hydrogen-bond donors (Lipinski definition) is 0. The Hall–Kier alpha value is -2.01. The number of benzene rings is 1. The Kier molecular flexibility index (Phi) is 3.76. The van der Waals surface area contributed by atoms with Crippen molar-refractivity contribution in [2.45, 2.75) is 6.54 Å². The average molecular weight is 282 g/mol. The summed E-state index contributed by atoms with van der Waals surface area (Å²) in [7, 11) is 2.78. The standard InChI is InChI=1S/C13H12ClNO4/c1-18-12-5-8-10(6-9(12)14)15(4-3-11(8)16)7-13(17)19-2/h3-6H,7H2,1-2H3. The number of ether oxygens (including phenoxy) is 2. The number of halogens is 1. The number of esters is 1. The van der Waals surface area contributed by atoms with Gasteiger partial charge in [-0.25, -0.2) is 0 Å². The summed E-state index contributed by atoms with van der Waals surface area (Å²) in [5, 5.41) is 0.812. The van der Waals surface area contributed by atoms with Crippen LogP contribution in [0.15, 0.2) is 29.2 Å². The zero-order valence-electron chi connectivity index (χ0n) is 10.5. The fourth-order valence-electron chi connectivity index (χ4n) is 1.80. The smallest absolute Gasteiger partial charge is 0.325 e. The van der Waals surface area contributed by atoms with E-state index in [1.54, 1.807) is 16.7 Å². The van der Waals surface area contributed by atoms with Crippen molar-refractivity contribution in [1.82, 2.24) is 4.57 Å². The van der Waals surface area contributed by atoms with E-state index in [0.717, 1.165) is 0 Å². The van der Waals surface area contributed by atoms with Crippen LogP contribution in [0.5, 0.6) is 5.75 Å². The Balaban J connectivity index is 2.68. The average Bonchev–Trinajstić information content (AvgIpc) is 2.41. The van der Waals surface area contributed by atoms with E-state index in [2.05, 4.69) is 4.74 Å². The van der Waals surface area contributed by atoms with Gasteiger partial charge < -0.3 is 14.0 Å². The highest BCUT2D eigenvalue weighted by Crippen LogP contribution is 2.28. The highest BCUT2D eigenvalue weighted by molar-refractivity contribution is 6.32. The van der Waals surface area contributed by atoms with Gasteiger partial charge in [-0.1, -0.05) is 11.6 Å². The third kappa shape index (κ3) is 2.56. The van der Waals surface area contributed by atoms with Crippen LogP contribution in [-0.2, 0) is 16.1 Å². The van der Waals surface area contributed by atoms with Crippen LogP contribution in [0, 0.1) is 0 Å². The van der Waals surface area contributed by atoms with Crippen LogP contribution in [0.4, 0.5) is 0 Å². The van der Waals surface area contributed by atoms with Crippen LogP contribution in [-0.4, -0.2) is 24.8 Å². The van der Waals surface area contributed by atoms with E-state index in [1.165, 1.54) is 26.5 Å². The second-order valence-electron chi connectivity index (χ2n) is 3.89. The minimum atomic E-state index is -0.406. The molecule has 5 nitrogen and oxygen atoms in total. The first kappa shape index (κ1) is 13.4. The predicted molar refractivity (Wildman–Crippen MR) is 71.8 cm³/mol. The Morgan fingerprint density at radius 1 is 1.37 bits per heavy atom. The van der Waals surface area contributed by atoms with Gasteiger partial charge in [-0.05, 0) is 12.1 Å². The third-order valence-corrected chi connectivity index (χ3v) is 3.07. The molecule has 2 aromatic rings. The quantitative estimate of drug-likeness (QED) is 0.806. The van der Waals surface area contributed by atoms with Gasteiger partial charge in [-0.15, -0.1) is 0 Å². The summed E-state index contributed by atoms with van der Waals surface area (Å²) in [6.45, 7) is 0.00986. The molecule has 19 heavy (non-hydrogen) atoms. The van der Waals surface area contributed by atoms with Gasteiger partial charge in [-0.3, -0.25) is 9.59 Å². The summed E-state index contributed by atoms with van der Waals surface area (Å²) < 4.78 is 11.3. The van der Waals surface area contributed by atoms with Crippen molar-refractivity contribution in [2.24, 2.45) is 0 Å². The largest absolute Gasteiger partial charge is 0.495 e. The molecule has 100 valence electrons. The van der Waals surface area contributed by atoms with E-state index in [-0.39, 0.29) is 12.0 Å². The number of carbonyl (C=O) groups excluding carboxylic acids is 1. The van der Waals surface area contributed by atoms with Gasteiger partial charge in [0, 0.05) is 17.6 Å². The summed E-state index contributed by atoms with van der Waals surface area (Å²) in [4.78, 5) is 23.2. The number of carbonyl (C=O) groups is 1. The number of hydrogen-bond acceptors (Lipinski definition) is 4. The van der Waals surface area contributed by atoms with Crippen LogP contribution < -0.4 is 10.2 Å². The molecule has 0 aliphatic rings. The first-order valence-corrected chi connectivity index (χ1v) is 5.88. The number of pyridine rings is 1. The van der Waals surface area contributed by atoms with Gasteiger partial charge in [0.05, 0.1) is 24.8 Å². The molecule has 0 radical (unpaired) electrons. The number of nitrogens with zero attached hydrogens (tertiary/aromatic N) is 1. The van der Waals surface area contributed by atoms with Crippen molar-refractivity contribution in [1.29, 1.82) is 0 Å². The van der Waals surface area contributed by atoms with Crippen LogP contribution in [0.1, 0.15) is 0 Å². The molecule has 6 heteroatoms. The van der Waals surface area contributed by atoms with E-state index >= 15 is 0 Å². The maximum absolute atomic E-state index is 11.8. The van der Waals surface area contributed by atoms with Crippen molar-refractivity contribution in [3.05, 3.63) is 39.6 Å². The van der Waals surface area contributed by atoms with E-state index in [1.807, 2.05) is 0 Å². The van der Waals surface area contributed by atoms with Crippen molar-refractivity contribution < 1.29 is 14.3 Å². The molecule has 1 aromatic carbocycles. The van der Waals surface area contributed by atoms with Crippen molar-refractivity contribution >= 4 is 28.5 Å². The van der Waals surface area contributed by atoms with Crippen molar-refractivity contribution in [2.75, 3.05) is 14.2 Å². The van der Waals surface area contributed by atoms with Gasteiger partial charge in [0.25, 0.3) is 0 Å². The fourth-order valence-corrected chi connectivity index (χ4v) is 2.04. The summed E-state index contributed by atoms with van der Waals surface area (Å²) >= 11 is 6.04. The minimum Gasteiger partial charge on any atom is -0.495 e. The maximum atomic E-state index is 11.8. The van der Waals surface area contributed by atoms with Crippen LogP contribution in [0.3, 0.4) is 0 Å². The summed E-state index contributed by atoms with van der Waals surface area (Å²) in [6, 6.07) is 4.55. The Morgan fingerprint density at radius 3 is 2.74 bits per heavy atom. The third-order valence-electron chi connectivity index (χ3n) is 2.78. The number of fused-ring (bicyclic) bond motifs is 1. The van der Waals surface area contributed by atoms with Crippen molar-refractivity contribution in [3.8, 4) is 5.75 Å². The van der Waals surface area contributed by atoms with Crippen LogP contribution >= 0.6 is 11.6 Å². The molecular formula is C13H12ClNO4. The van der Waals surface area contributed by atoms with E-state index in [9.17, 15) is 9.59 Å². The van der Waals surface area contributed by atoms with Gasteiger partial charge >= 0.3 is 5.97 Å². The number of aromatic nitrogens is 1. The number of methoxy groups -OCH3 is 2. The second kappa shape index (κ2) is 5.32. The minimum absolute atomic E-state index is 0.00986. The molecule has 0 fully saturated rings. The Morgan fingerprint density at radius 2 is 2.11 bits per heavy atom. The molecule has 1 heterocycles. The molecular weight excluding hydrogens is 270 g/mol. The molecule has 0 bridgehead atoms. The van der Waals surface area contributed by atoms with E-state index in [0.29, 0.717) is 21.7 Å². The highest BCUT2D eigenvalue weighted by Gasteiger charge is 2.10. The van der Waals surface area contributed by atoms with Crippen molar-refractivity contribution in [3.63, 3.8) is 0 Å². The maximum Gasteiger partial charge on any atom is 0.325 e. The van der Waals surface area contributed by atoms with E-state index in [4.69, 9.17) is 16.3 Å². The molecule has 0 saturated heterocycles. The molecule has 0 atom stereocenters. The zero-order chi connectivity index (χ0) is 14.0. The first-order chi connectivity index (χ1) is 9.06. The molecule has 1 aromatic heterocycles. The van der Waals surface area contributed by atoms with Crippen LogP contribution in [0.2, 0.25) is 5.02 Å². The summed E-state index contributed by atoms with van der Waals surface area (Å²) in [5.41, 5.74) is 0.398. The van der Waals surface area contributed by atoms with Gasteiger partial charge in [0.15, 0.2) is 5.43 Å². The lowest BCUT2D eigenvalue weighted by Crippen LogP contribution is -2.15. The normalized spacial score (nSPS) is 10.5. The predicted octanol–water partition coefficient (Wildman–Crippen LogP) is 1.84. The summed E-state index contributed by atoms with van der Waals surface area (Å²) in [6.07, 6.45) is 1.53. The molecule has 0 unspecified atom stereocenters. The summed E-state index contributed by atoms with van der Waals surface area (Å²) in [5.74, 6) is 0.0129. The molecule has 2 rings (SSSR count). The monoisotopic (exact) mass is 281 g/mol. The van der Waals surface area contributed by atoms with Crippen LogP contribution in [0.25, 0.3) is 10.9 Å². The molecule has 0 amide bonds. The van der Waals surface area contributed by atoms with Gasteiger partial charge in [-0.2, -0.15) is 0 Å². The SMILES string of the molecule is COC(=O)Cn1ccc(=O)c2cc(OC)c(Cl)cc21. The topological polar surface area (TPSA) is 57.5 Å². The molecule has 0 N–H and O–H groups in total.